The molecule has 3 nitrogen and oxygen atoms in total. The fourth-order valence-corrected chi connectivity index (χ4v) is 1.44. The van der Waals surface area contributed by atoms with Crippen LogP contribution in [0.3, 0.4) is 0 Å². The molecular weight excluding hydrogens is 188 g/mol. The Morgan fingerprint density at radius 1 is 1.53 bits per heavy atom. The Hall–Kier alpha value is -0.800. The first-order valence-corrected chi connectivity index (χ1v) is 5.52. The first-order valence-electron chi connectivity index (χ1n) is 5.52. The molecule has 0 saturated heterocycles. The number of nitrogens with one attached hydrogen (secondary N) is 1. The Kier molecular flexibility index (Phi) is 4.36. The molecule has 0 aliphatic heterocycles. The van der Waals surface area contributed by atoms with Crippen LogP contribution in [0.15, 0.2) is 22.8 Å². The van der Waals surface area contributed by atoms with Crippen molar-refractivity contribution in [3.63, 3.8) is 0 Å². The minimum Gasteiger partial charge on any atom is -0.469 e. The zero-order valence-electron chi connectivity index (χ0n) is 9.92. The van der Waals surface area contributed by atoms with Gasteiger partial charge in [-0.3, -0.25) is 0 Å². The van der Waals surface area contributed by atoms with Crippen molar-refractivity contribution in [2.24, 2.45) is 5.73 Å². The number of hydrogen-bond donors (Lipinski definition) is 2. The van der Waals surface area contributed by atoms with E-state index in [1.54, 1.807) is 6.26 Å². The molecule has 1 atom stereocenters. The van der Waals surface area contributed by atoms with Crippen LogP contribution in [0.25, 0.3) is 0 Å². The average Bonchev–Trinajstić information content (AvgIpc) is 2.54. The summed E-state index contributed by atoms with van der Waals surface area (Å²) in [5, 5.41) is 3.44. The first-order chi connectivity index (χ1) is 6.97. The second-order valence-electron chi connectivity index (χ2n) is 4.88. The van der Waals surface area contributed by atoms with E-state index in [1.807, 2.05) is 26.0 Å². The van der Waals surface area contributed by atoms with Crippen LogP contribution < -0.4 is 11.1 Å². The van der Waals surface area contributed by atoms with Crippen molar-refractivity contribution >= 4 is 0 Å². The van der Waals surface area contributed by atoms with Crippen molar-refractivity contribution in [2.75, 3.05) is 6.54 Å². The van der Waals surface area contributed by atoms with Crippen LogP contribution >= 0.6 is 0 Å². The molecule has 3 heteroatoms. The molecule has 0 fully saturated rings. The Morgan fingerprint density at radius 2 is 2.27 bits per heavy atom. The molecule has 0 spiro atoms. The van der Waals surface area contributed by atoms with Crippen LogP contribution in [-0.4, -0.2) is 18.1 Å². The molecule has 0 aliphatic rings. The molecule has 15 heavy (non-hydrogen) atoms. The lowest BCUT2D eigenvalue weighted by Gasteiger charge is -2.20. The lowest BCUT2D eigenvalue weighted by atomic mass is 10.0. The van der Waals surface area contributed by atoms with E-state index in [0.717, 1.165) is 25.1 Å². The summed E-state index contributed by atoms with van der Waals surface area (Å²) in [5.74, 6) is 1.03. The number of rotatable bonds is 6. The molecule has 0 aliphatic carbocycles. The normalized spacial score (nSPS) is 14.1. The van der Waals surface area contributed by atoms with Gasteiger partial charge in [0, 0.05) is 18.0 Å². The standard InChI is InChI=1S/C12H22N2O/c1-10(9-11-5-4-8-15-11)14-7-6-12(2,3)13/h4-5,8,10,14H,6-7,9,13H2,1-3H3. The van der Waals surface area contributed by atoms with Gasteiger partial charge in [0.2, 0.25) is 0 Å². The SMILES string of the molecule is CC(Cc1ccco1)NCCC(C)(C)N. The molecule has 0 amide bonds. The summed E-state index contributed by atoms with van der Waals surface area (Å²) in [6, 6.07) is 4.36. The van der Waals surface area contributed by atoms with Crippen LogP contribution in [-0.2, 0) is 6.42 Å². The predicted octanol–water partition coefficient (Wildman–Crippen LogP) is 1.93. The van der Waals surface area contributed by atoms with Crippen LogP contribution in [0.5, 0.6) is 0 Å². The van der Waals surface area contributed by atoms with E-state index in [2.05, 4.69) is 12.2 Å². The summed E-state index contributed by atoms with van der Waals surface area (Å²) in [5.41, 5.74) is 5.81. The third kappa shape index (κ3) is 5.60. The van der Waals surface area contributed by atoms with Gasteiger partial charge >= 0.3 is 0 Å². The Balaban J connectivity index is 2.17. The summed E-state index contributed by atoms with van der Waals surface area (Å²) >= 11 is 0. The molecule has 1 aromatic rings. The summed E-state index contributed by atoms with van der Waals surface area (Å²) in [7, 11) is 0. The van der Waals surface area contributed by atoms with Gasteiger partial charge in [0.15, 0.2) is 0 Å². The Bertz CT molecular complexity index is 262. The largest absolute Gasteiger partial charge is 0.469 e. The van der Waals surface area contributed by atoms with Gasteiger partial charge in [-0.2, -0.15) is 0 Å². The van der Waals surface area contributed by atoms with E-state index in [9.17, 15) is 0 Å². The highest BCUT2D eigenvalue weighted by atomic mass is 16.3. The van der Waals surface area contributed by atoms with E-state index in [0.29, 0.717) is 6.04 Å². The monoisotopic (exact) mass is 210 g/mol. The van der Waals surface area contributed by atoms with Gasteiger partial charge in [-0.05, 0) is 45.9 Å². The molecule has 86 valence electrons. The minimum absolute atomic E-state index is 0.0859. The van der Waals surface area contributed by atoms with E-state index >= 15 is 0 Å². The third-order valence-electron chi connectivity index (χ3n) is 2.35. The van der Waals surface area contributed by atoms with Crippen LogP contribution in [0.2, 0.25) is 0 Å². The van der Waals surface area contributed by atoms with Crippen LogP contribution in [0, 0.1) is 0 Å². The lowest BCUT2D eigenvalue weighted by Crippen LogP contribution is -2.38. The van der Waals surface area contributed by atoms with Gasteiger partial charge in [-0.25, -0.2) is 0 Å². The van der Waals surface area contributed by atoms with Crippen molar-refractivity contribution in [1.29, 1.82) is 0 Å². The molecule has 0 aromatic carbocycles. The summed E-state index contributed by atoms with van der Waals surface area (Å²) in [6.45, 7) is 7.20. The Labute approximate surface area is 92.0 Å². The van der Waals surface area contributed by atoms with Gasteiger partial charge in [0.05, 0.1) is 6.26 Å². The van der Waals surface area contributed by atoms with Crippen molar-refractivity contribution in [3.8, 4) is 0 Å². The van der Waals surface area contributed by atoms with E-state index in [1.165, 1.54) is 0 Å². The molecule has 1 aromatic heterocycles. The fourth-order valence-electron chi connectivity index (χ4n) is 1.44. The quantitative estimate of drug-likeness (QED) is 0.754. The molecule has 0 saturated carbocycles. The number of hydrogen-bond acceptors (Lipinski definition) is 3. The molecule has 3 N–H and O–H groups in total. The second-order valence-corrected chi connectivity index (χ2v) is 4.88. The van der Waals surface area contributed by atoms with E-state index < -0.39 is 0 Å². The maximum Gasteiger partial charge on any atom is 0.105 e. The molecule has 1 rings (SSSR count). The molecule has 1 unspecified atom stereocenters. The van der Waals surface area contributed by atoms with E-state index in [4.69, 9.17) is 10.2 Å². The zero-order chi connectivity index (χ0) is 11.3. The summed E-state index contributed by atoms with van der Waals surface area (Å²) in [4.78, 5) is 0. The van der Waals surface area contributed by atoms with Crippen molar-refractivity contribution < 1.29 is 4.42 Å². The molecular formula is C12H22N2O. The van der Waals surface area contributed by atoms with Crippen LogP contribution in [0.1, 0.15) is 33.0 Å². The topological polar surface area (TPSA) is 51.2 Å². The van der Waals surface area contributed by atoms with Crippen molar-refractivity contribution in [2.45, 2.75) is 45.2 Å². The van der Waals surface area contributed by atoms with Crippen molar-refractivity contribution in [1.82, 2.24) is 5.32 Å². The predicted molar refractivity (Wildman–Crippen MR) is 62.8 cm³/mol. The van der Waals surface area contributed by atoms with Gasteiger partial charge in [0.25, 0.3) is 0 Å². The highest BCUT2D eigenvalue weighted by molar-refractivity contribution is 4.99. The maximum atomic E-state index is 5.90. The average molecular weight is 210 g/mol. The van der Waals surface area contributed by atoms with Gasteiger partial charge in [-0.15, -0.1) is 0 Å². The van der Waals surface area contributed by atoms with Gasteiger partial charge in [0.1, 0.15) is 5.76 Å². The smallest absolute Gasteiger partial charge is 0.105 e. The van der Waals surface area contributed by atoms with Gasteiger partial charge < -0.3 is 15.5 Å². The van der Waals surface area contributed by atoms with Crippen molar-refractivity contribution in [3.05, 3.63) is 24.2 Å². The zero-order valence-corrected chi connectivity index (χ0v) is 9.92. The maximum absolute atomic E-state index is 5.90. The molecule has 0 bridgehead atoms. The highest BCUT2D eigenvalue weighted by Gasteiger charge is 2.11. The number of furan rings is 1. The fraction of sp³-hybridized carbons (Fsp3) is 0.667. The second kappa shape index (κ2) is 5.33. The lowest BCUT2D eigenvalue weighted by molar-refractivity contribution is 0.415. The minimum atomic E-state index is -0.0859. The van der Waals surface area contributed by atoms with Crippen LogP contribution in [0.4, 0.5) is 0 Å². The summed E-state index contributed by atoms with van der Waals surface area (Å²) in [6.07, 6.45) is 3.62. The highest BCUT2D eigenvalue weighted by Crippen LogP contribution is 2.05. The molecule has 0 radical (unpaired) electrons. The third-order valence-corrected chi connectivity index (χ3v) is 2.35. The first kappa shape index (κ1) is 12.3. The Morgan fingerprint density at radius 3 is 2.80 bits per heavy atom. The molecule has 1 heterocycles. The number of nitrogens with two attached hydrogens (primary N) is 1. The summed E-state index contributed by atoms with van der Waals surface area (Å²) < 4.78 is 5.29. The van der Waals surface area contributed by atoms with E-state index in [-0.39, 0.29) is 5.54 Å². The van der Waals surface area contributed by atoms with Gasteiger partial charge in [-0.1, -0.05) is 0 Å².